The summed E-state index contributed by atoms with van der Waals surface area (Å²) in [5.41, 5.74) is 11.7. The van der Waals surface area contributed by atoms with Crippen LogP contribution in [0.25, 0.3) is 0 Å². The topological polar surface area (TPSA) is 117 Å². The van der Waals surface area contributed by atoms with E-state index in [0.717, 1.165) is 26.2 Å². The molecule has 0 spiro atoms. The molecule has 1 fully saturated rings. The third-order valence-corrected chi connectivity index (χ3v) is 4.49. The van der Waals surface area contributed by atoms with E-state index in [-0.39, 0.29) is 12.5 Å². The molecule has 0 saturated carbocycles. The molecule has 1 aromatic carbocycles. The number of nitrogens with two attached hydrogens (primary N) is 1. The number of nitrogens with one attached hydrogen (secondary N) is 3. The Morgan fingerprint density at radius 1 is 1.11 bits per heavy atom. The molecule has 150 valence electrons. The number of para-hydroxylation sites is 1. The first-order chi connectivity index (χ1) is 13.7. The molecule has 0 aliphatic carbocycles. The zero-order valence-corrected chi connectivity index (χ0v) is 15.9. The lowest BCUT2D eigenvalue weighted by Gasteiger charge is -2.26. The van der Waals surface area contributed by atoms with Gasteiger partial charge in [0, 0.05) is 13.1 Å². The lowest BCUT2D eigenvalue weighted by Crippen LogP contribution is -2.35. The summed E-state index contributed by atoms with van der Waals surface area (Å²) >= 11 is 0. The van der Waals surface area contributed by atoms with Crippen molar-refractivity contribution in [3.63, 3.8) is 0 Å². The number of aromatic nitrogens is 2. The molecule has 1 amide bonds. The van der Waals surface area contributed by atoms with Crippen LogP contribution in [0.15, 0.2) is 36.7 Å². The molecule has 0 atom stereocenters. The monoisotopic (exact) mass is 385 g/mol. The van der Waals surface area contributed by atoms with Gasteiger partial charge in [0.05, 0.1) is 0 Å². The van der Waals surface area contributed by atoms with Crippen molar-refractivity contribution in [2.45, 2.75) is 19.3 Å². The first kappa shape index (κ1) is 19.7. The van der Waals surface area contributed by atoms with Crippen molar-refractivity contribution >= 4 is 23.2 Å². The van der Waals surface area contributed by atoms with Crippen LogP contribution in [0, 0.1) is 0 Å². The Labute approximate surface area is 164 Å². The van der Waals surface area contributed by atoms with Gasteiger partial charge in [-0.1, -0.05) is 24.6 Å². The van der Waals surface area contributed by atoms with E-state index in [2.05, 4.69) is 31.0 Å². The Balaban J connectivity index is 1.43. The zero-order valence-electron chi connectivity index (χ0n) is 15.9. The number of hydrogen-bond donors (Lipinski definition) is 4. The number of carbonyl (C=O) groups excluding carboxylic acids is 1. The van der Waals surface area contributed by atoms with E-state index in [1.165, 1.54) is 25.6 Å². The molecular formula is C19H27N7O2. The van der Waals surface area contributed by atoms with Gasteiger partial charge >= 0.3 is 0 Å². The zero-order chi connectivity index (χ0) is 19.6. The maximum atomic E-state index is 11.9. The largest absolute Gasteiger partial charge is 0.484 e. The maximum Gasteiger partial charge on any atom is 0.276 e. The Hall–Kier alpha value is -3.07. The fourth-order valence-corrected chi connectivity index (χ4v) is 2.98. The van der Waals surface area contributed by atoms with Crippen LogP contribution >= 0.6 is 0 Å². The molecule has 28 heavy (non-hydrogen) atoms. The number of likely N-dealkylation sites (tertiary alicyclic amines) is 1. The second kappa shape index (κ2) is 10.3. The molecule has 1 saturated heterocycles. The van der Waals surface area contributed by atoms with Crippen molar-refractivity contribution in [2.24, 2.45) is 0 Å². The van der Waals surface area contributed by atoms with Crippen molar-refractivity contribution in [1.82, 2.24) is 20.3 Å². The van der Waals surface area contributed by atoms with Gasteiger partial charge in [0.2, 0.25) is 0 Å². The molecule has 2 heterocycles. The van der Waals surface area contributed by atoms with Gasteiger partial charge in [-0.05, 0) is 38.1 Å². The lowest BCUT2D eigenvalue weighted by molar-refractivity contribution is -0.122. The van der Waals surface area contributed by atoms with Crippen molar-refractivity contribution < 1.29 is 9.53 Å². The van der Waals surface area contributed by atoms with E-state index in [0.29, 0.717) is 23.1 Å². The number of nitrogen functional groups attached to an aromatic ring is 1. The van der Waals surface area contributed by atoms with Gasteiger partial charge in [-0.3, -0.25) is 15.6 Å². The summed E-state index contributed by atoms with van der Waals surface area (Å²) in [4.78, 5) is 22.6. The number of ether oxygens (including phenoxy) is 1. The minimum absolute atomic E-state index is 0.122. The van der Waals surface area contributed by atoms with E-state index in [1.807, 2.05) is 18.2 Å². The summed E-state index contributed by atoms with van der Waals surface area (Å²) in [7, 11) is 0. The number of rotatable bonds is 9. The molecule has 0 unspecified atom stereocenters. The third kappa shape index (κ3) is 5.98. The smallest absolute Gasteiger partial charge is 0.276 e. The Kier molecular flexibility index (Phi) is 7.25. The predicted molar refractivity (Wildman–Crippen MR) is 109 cm³/mol. The van der Waals surface area contributed by atoms with E-state index < -0.39 is 0 Å². The van der Waals surface area contributed by atoms with Crippen molar-refractivity contribution in [2.75, 3.05) is 49.3 Å². The molecule has 9 heteroatoms. The van der Waals surface area contributed by atoms with Crippen LogP contribution < -0.4 is 26.6 Å². The molecule has 2 aromatic rings. The van der Waals surface area contributed by atoms with Gasteiger partial charge in [-0.2, -0.15) is 0 Å². The molecule has 1 aliphatic rings. The number of benzene rings is 1. The average molecular weight is 385 g/mol. The highest BCUT2D eigenvalue weighted by atomic mass is 16.5. The fraction of sp³-hybridized carbons (Fsp3) is 0.421. The lowest BCUT2D eigenvalue weighted by atomic mass is 10.1. The highest BCUT2D eigenvalue weighted by Crippen LogP contribution is 2.21. The standard InChI is InChI=1S/C19H27N7O2/c20-17-18(21-9-12-26-10-5-2-6-11-26)22-14-23-19(17)25-24-16(27)13-28-15-7-3-1-4-8-15/h1,3-4,7-8,14H,2,5-6,9-13,20H2,(H,24,27)(H2,21,22,23,25). The third-order valence-electron chi connectivity index (χ3n) is 4.49. The van der Waals surface area contributed by atoms with Crippen LogP contribution in [0.4, 0.5) is 17.3 Å². The number of carbonyl (C=O) groups is 1. The van der Waals surface area contributed by atoms with Crippen molar-refractivity contribution in [3.8, 4) is 5.75 Å². The second-order valence-electron chi connectivity index (χ2n) is 6.59. The summed E-state index contributed by atoms with van der Waals surface area (Å²) < 4.78 is 5.39. The number of hydrazine groups is 1. The fourth-order valence-electron chi connectivity index (χ4n) is 2.98. The minimum Gasteiger partial charge on any atom is -0.484 e. The van der Waals surface area contributed by atoms with E-state index in [1.54, 1.807) is 12.1 Å². The van der Waals surface area contributed by atoms with Crippen LogP contribution in [-0.4, -0.2) is 53.6 Å². The molecule has 0 radical (unpaired) electrons. The van der Waals surface area contributed by atoms with E-state index in [4.69, 9.17) is 10.5 Å². The van der Waals surface area contributed by atoms with Crippen LogP contribution in [0.1, 0.15) is 19.3 Å². The number of amides is 1. The van der Waals surface area contributed by atoms with Crippen LogP contribution in [0.2, 0.25) is 0 Å². The van der Waals surface area contributed by atoms with E-state index >= 15 is 0 Å². The summed E-state index contributed by atoms with van der Waals surface area (Å²) in [5, 5.41) is 3.24. The first-order valence-electron chi connectivity index (χ1n) is 9.52. The predicted octanol–water partition coefficient (Wildman–Crippen LogP) is 1.48. The molecule has 5 N–H and O–H groups in total. The highest BCUT2D eigenvalue weighted by molar-refractivity contribution is 5.81. The Bertz CT molecular complexity index is 751. The van der Waals surface area contributed by atoms with Crippen LogP contribution in [0.5, 0.6) is 5.75 Å². The Morgan fingerprint density at radius 3 is 2.64 bits per heavy atom. The SMILES string of the molecule is Nc1c(NCCN2CCCCC2)ncnc1NNC(=O)COc1ccccc1. The molecule has 0 bridgehead atoms. The van der Waals surface area contributed by atoms with Gasteiger partial charge in [-0.25, -0.2) is 9.97 Å². The first-order valence-corrected chi connectivity index (χ1v) is 9.52. The van der Waals surface area contributed by atoms with Crippen LogP contribution in [-0.2, 0) is 4.79 Å². The summed E-state index contributed by atoms with van der Waals surface area (Å²) in [5.74, 6) is 1.16. The summed E-state index contributed by atoms with van der Waals surface area (Å²) in [6.45, 7) is 3.86. The Morgan fingerprint density at radius 2 is 1.86 bits per heavy atom. The second-order valence-corrected chi connectivity index (χ2v) is 6.59. The van der Waals surface area contributed by atoms with Gasteiger partial charge < -0.3 is 20.7 Å². The molecular weight excluding hydrogens is 358 g/mol. The normalized spacial score (nSPS) is 14.3. The average Bonchev–Trinajstić information content (AvgIpc) is 2.74. The maximum absolute atomic E-state index is 11.9. The highest BCUT2D eigenvalue weighted by Gasteiger charge is 2.12. The molecule has 9 nitrogen and oxygen atoms in total. The van der Waals surface area contributed by atoms with Crippen molar-refractivity contribution in [1.29, 1.82) is 0 Å². The minimum atomic E-state index is -0.346. The number of anilines is 3. The summed E-state index contributed by atoms with van der Waals surface area (Å²) in [6.07, 6.45) is 5.24. The quantitative estimate of drug-likeness (QED) is 0.480. The van der Waals surface area contributed by atoms with Gasteiger partial charge in [0.25, 0.3) is 5.91 Å². The number of piperidine rings is 1. The number of hydrogen-bond acceptors (Lipinski definition) is 8. The van der Waals surface area contributed by atoms with E-state index in [9.17, 15) is 4.79 Å². The van der Waals surface area contributed by atoms with Gasteiger partial charge in [0.1, 0.15) is 17.8 Å². The van der Waals surface area contributed by atoms with Gasteiger partial charge in [0.15, 0.2) is 18.2 Å². The molecule has 1 aromatic heterocycles. The molecule has 3 rings (SSSR count). The van der Waals surface area contributed by atoms with Gasteiger partial charge in [-0.15, -0.1) is 0 Å². The van der Waals surface area contributed by atoms with Crippen LogP contribution in [0.3, 0.4) is 0 Å². The molecule has 1 aliphatic heterocycles. The number of nitrogens with zero attached hydrogens (tertiary/aromatic N) is 3. The summed E-state index contributed by atoms with van der Waals surface area (Å²) in [6, 6.07) is 9.13. The van der Waals surface area contributed by atoms with Crippen molar-refractivity contribution in [3.05, 3.63) is 36.7 Å².